The van der Waals surface area contributed by atoms with Gasteiger partial charge in [-0.15, -0.1) is 0 Å². The molecule has 0 aliphatic carbocycles. The molecule has 2 heterocycles. The zero-order valence-corrected chi connectivity index (χ0v) is 15.7. The lowest BCUT2D eigenvalue weighted by Crippen LogP contribution is -2.38. The Morgan fingerprint density at radius 1 is 1.21 bits per heavy atom. The highest BCUT2D eigenvalue weighted by Crippen LogP contribution is 2.34. The molecule has 2 aromatic carbocycles. The van der Waals surface area contributed by atoms with Crippen LogP contribution in [0.1, 0.15) is 12.5 Å². The van der Waals surface area contributed by atoms with Crippen LogP contribution in [-0.4, -0.2) is 24.0 Å². The third-order valence-corrected chi connectivity index (χ3v) is 4.77. The zero-order chi connectivity index (χ0) is 19.9. The second kappa shape index (κ2) is 7.00. The van der Waals surface area contributed by atoms with Crippen LogP contribution in [0.15, 0.2) is 47.6 Å². The molecule has 3 N–H and O–H groups in total. The van der Waals surface area contributed by atoms with E-state index in [1.807, 2.05) is 0 Å². The topological polar surface area (TPSA) is 72.5 Å². The first kappa shape index (κ1) is 18.6. The smallest absolute Gasteiger partial charge is 0.129 e. The predicted molar refractivity (Wildman–Crippen MR) is 106 cm³/mol. The molecule has 5 nitrogen and oxygen atoms in total. The number of nitrogens with two attached hydrogens (primary N) is 1. The maximum atomic E-state index is 14.5. The minimum Gasteiger partial charge on any atom is -0.386 e. The number of hydrogen-bond donors (Lipinski definition) is 2. The molecule has 0 amide bonds. The van der Waals surface area contributed by atoms with Crippen molar-refractivity contribution in [3.05, 3.63) is 64.8 Å². The fourth-order valence-corrected chi connectivity index (χ4v) is 3.49. The summed E-state index contributed by atoms with van der Waals surface area (Å²) < 4.78 is 34.0. The van der Waals surface area contributed by atoms with Gasteiger partial charge in [0, 0.05) is 22.8 Å². The Kier molecular flexibility index (Phi) is 4.64. The maximum absolute atomic E-state index is 14.5. The monoisotopic (exact) mass is 402 g/mol. The van der Waals surface area contributed by atoms with Crippen molar-refractivity contribution >= 4 is 39.7 Å². The Morgan fingerprint density at radius 2 is 2.04 bits per heavy atom. The summed E-state index contributed by atoms with van der Waals surface area (Å²) >= 11 is 5.95. The van der Waals surface area contributed by atoms with E-state index >= 15 is 0 Å². The Bertz CT molecular complexity index is 1100. The van der Waals surface area contributed by atoms with Crippen LogP contribution in [0.3, 0.4) is 0 Å². The van der Waals surface area contributed by atoms with E-state index in [4.69, 9.17) is 22.1 Å². The highest BCUT2D eigenvalue weighted by atomic mass is 35.5. The molecule has 1 atom stereocenters. The first-order valence-electron chi connectivity index (χ1n) is 8.58. The summed E-state index contributed by atoms with van der Waals surface area (Å²) in [4.78, 5) is 8.66. The van der Waals surface area contributed by atoms with Crippen LogP contribution in [0.4, 0.5) is 20.2 Å². The van der Waals surface area contributed by atoms with Crippen LogP contribution in [0.25, 0.3) is 10.9 Å². The Balaban J connectivity index is 1.76. The highest BCUT2D eigenvalue weighted by molar-refractivity contribution is 6.31. The number of halogens is 3. The maximum Gasteiger partial charge on any atom is 0.129 e. The summed E-state index contributed by atoms with van der Waals surface area (Å²) in [5.74, 6) is -0.556. The van der Waals surface area contributed by atoms with Gasteiger partial charge < -0.3 is 15.8 Å². The first-order chi connectivity index (χ1) is 13.3. The zero-order valence-electron chi connectivity index (χ0n) is 15.0. The molecule has 0 unspecified atom stereocenters. The molecule has 0 fully saturated rings. The number of nitrogens with one attached hydrogen (secondary N) is 1. The molecule has 4 rings (SSSR count). The van der Waals surface area contributed by atoms with Crippen molar-refractivity contribution in [2.24, 2.45) is 10.7 Å². The molecule has 144 valence electrons. The second-order valence-corrected chi connectivity index (χ2v) is 7.30. The normalized spacial score (nSPS) is 19.5. The van der Waals surface area contributed by atoms with Crippen LogP contribution in [0.5, 0.6) is 0 Å². The summed E-state index contributed by atoms with van der Waals surface area (Å²) in [7, 11) is 0. The summed E-state index contributed by atoms with van der Waals surface area (Å²) in [5.41, 5.74) is 6.71. The van der Waals surface area contributed by atoms with Gasteiger partial charge in [0.2, 0.25) is 0 Å². The van der Waals surface area contributed by atoms with Gasteiger partial charge in [0.05, 0.1) is 22.8 Å². The number of rotatable bonds is 3. The van der Waals surface area contributed by atoms with E-state index < -0.39 is 17.2 Å². The van der Waals surface area contributed by atoms with Crippen LogP contribution < -0.4 is 11.1 Å². The average molecular weight is 403 g/mol. The molecule has 1 aliphatic rings. The standard InChI is InChI=1S/C20H17ClF2N4O/c1-20(10-28-9-18(24)27-20)15-7-14(2-3-16(15)23)26-17-6-13(22)5-11-4-12(21)8-25-19(11)17/h2-8,26H,9-10H2,1H3,(H2,24,27)/t20-/m0/s1. The number of ether oxygens (including phenoxy) is 1. The highest BCUT2D eigenvalue weighted by Gasteiger charge is 2.32. The SMILES string of the molecule is C[C@@]1(c2cc(Nc3cc(F)cc4cc(Cl)cnc34)ccc2F)COCC(N)=N1. The number of aromatic nitrogens is 1. The molecular weight excluding hydrogens is 386 g/mol. The van der Waals surface area contributed by atoms with E-state index in [1.54, 1.807) is 25.1 Å². The molecule has 3 aromatic rings. The van der Waals surface area contributed by atoms with E-state index in [1.165, 1.54) is 24.4 Å². The molecular formula is C20H17ClF2N4O. The lowest BCUT2D eigenvalue weighted by atomic mass is 9.91. The van der Waals surface area contributed by atoms with Crippen molar-refractivity contribution in [2.45, 2.75) is 12.5 Å². The van der Waals surface area contributed by atoms with Crippen molar-refractivity contribution in [3.63, 3.8) is 0 Å². The molecule has 1 aliphatic heterocycles. The molecule has 28 heavy (non-hydrogen) atoms. The Morgan fingerprint density at radius 3 is 2.82 bits per heavy atom. The van der Waals surface area contributed by atoms with Crippen LogP contribution in [0.2, 0.25) is 5.02 Å². The van der Waals surface area contributed by atoms with E-state index in [9.17, 15) is 8.78 Å². The van der Waals surface area contributed by atoms with E-state index in [-0.39, 0.29) is 13.2 Å². The van der Waals surface area contributed by atoms with Gasteiger partial charge in [0.1, 0.15) is 29.6 Å². The van der Waals surface area contributed by atoms with Crippen LogP contribution in [-0.2, 0) is 10.3 Å². The van der Waals surface area contributed by atoms with Gasteiger partial charge in [0.25, 0.3) is 0 Å². The van der Waals surface area contributed by atoms with Gasteiger partial charge >= 0.3 is 0 Å². The van der Waals surface area contributed by atoms with Gasteiger partial charge in [-0.2, -0.15) is 0 Å². The number of aliphatic imine (C=N–C) groups is 1. The summed E-state index contributed by atoms with van der Waals surface area (Å²) in [6.45, 7) is 2.18. The van der Waals surface area contributed by atoms with Gasteiger partial charge in [0.15, 0.2) is 0 Å². The van der Waals surface area contributed by atoms with Crippen LogP contribution >= 0.6 is 11.6 Å². The molecule has 0 saturated carbocycles. The number of anilines is 2. The summed E-state index contributed by atoms with van der Waals surface area (Å²) in [6, 6.07) is 8.82. The van der Waals surface area contributed by atoms with Crippen molar-refractivity contribution in [3.8, 4) is 0 Å². The number of nitrogens with zero attached hydrogens (tertiary/aromatic N) is 2. The fraction of sp³-hybridized carbons (Fsp3) is 0.200. The lowest BCUT2D eigenvalue weighted by Gasteiger charge is -2.30. The Hall–Kier alpha value is -2.77. The second-order valence-electron chi connectivity index (χ2n) is 6.87. The van der Waals surface area contributed by atoms with Gasteiger partial charge in [-0.05, 0) is 43.3 Å². The average Bonchev–Trinajstić information content (AvgIpc) is 2.62. The lowest BCUT2D eigenvalue weighted by molar-refractivity contribution is 0.104. The molecule has 0 radical (unpaired) electrons. The molecule has 0 saturated heterocycles. The molecule has 1 aromatic heterocycles. The van der Waals surface area contributed by atoms with Gasteiger partial charge in [-0.25, -0.2) is 8.78 Å². The third-order valence-electron chi connectivity index (χ3n) is 4.56. The van der Waals surface area contributed by atoms with Crippen molar-refractivity contribution in [1.82, 2.24) is 4.98 Å². The number of benzene rings is 2. The van der Waals surface area contributed by atoms with Crippen molar-refractivity contribution in [1.29, 1.82) is 0 Å². The predicted octanol–water partition coefficient (Wildman–Crippen LogP) is 4.51. The minimum absolute atomic E-state index is 0.205. The van der Waals surface area contributed by atoms with Crippen LogP contribution in [0, 0.1) is 11.6 Å². The Labute approximate surface area is 165 Å². The molecule has 0 bridgehead atoms. The van der Waals surface area contributed by atoms with Crippen molar-refractivity contribution in [2.75, 3.05) is 18.5 Å². The van der Waals surface area contributed by atoms with Gasteiger partial charge in [-0.3, -0.25) is 9.98 Å². The third kappa shape index (κ3) is 3.50. The largest absolute Gasteiger partial charge is 0.386 e. The number of fused-ring (bicyclic) bond motifs is 1. The number of amidine groups is 1. The van der Waals surface area contributed by atoms with E-state index in [0.29, 0.717) is 38.7 Å². The summed E-state index contributed by atoms with van der Waals surface area (Å²) in [6.07, 6.45) is 1.49. The molecule has 8 heteroatoms. The minimum atomic E-state index is -0.945. The van der Waals surface area contributed by atoms with Crippen molar-refractivity contribution < 1.29 is 13.5 Å². The van der Waals surface area contributed by atoms with Gasteiger partial charge in [-0.1, -0.05) is 11.6 Å². The number of pyridine rings is 1. The van der Waals surface area contributed by atoms with E-state index in [2.05, 4.69) is 15.3 Å². The quantitative estimate of drug-likeness (QED) is 0.676. The first-order valence-corrected chi connectivity index (χ1v) is 8.96. The fourth-order valence-electron chi connectivity index (χ4n) is 3.33. The summed E-state index contributed by atoms with van der Waals surface area (Å²) in [5, 5.41) is 4.08. The molecule has 0 spiro atoms. The number of hydrogen-bond acceptors (Lipinski definition) is 5. The van der Waals surface area contributed by atoms with E-state index in [0.717, 1.165) is 0 Å².